The minimum atomic E-state index is 0.591. The molecule has 106 valence electrons. The van der Waals surface area contributed by atoms with E-state index in [1.807, 2.05) is 12.3 Å². The summed E-state index contributed by atoms with van der Waals surface area (Å²) in [6.07, 6.45) is 6.76. The van der Waals surface area contributed by atoms with Crippen molar-refractivity contribution >= 4 is 0 Å². The lowest BCUT2D eigenvalue weighted by atomic mass is 9.86. The molecule has 0 radical (unpaired) electrons. The molecule has 2 atom stereocenters. The van der Waals surface area contributed by atoms with Crippen LogP contribution >= 0.6 is 0 Å². The van der Waals surface area contributed by atoms with E-state index in [2.05, 4.69) is 32.7 Å². The molecule has 0 bridgehead atoms. The molecular weight excluding hydrogens is 234 g/mol. The number of rotatable bonds is 5. The molecule has 0 saturated heterocycles. The minimum absolute atomic E-state index is 0.591. The van der Waals surface area contributed by atoms with Crippen LogP contribution < -0.4 is 4.74 Å². The van der Waals surface area contributed by atoms with Gasteiger partial charge >= 0.3 is 0 Å². The fourth-order valence-electron chi connectivity index (χ4n) is 3.17. The lowest BCUT2D eigenvalue weighted by molar-refractivity contribution is 0.235. The maximum atomic E-state index is 6.10. The first-order chi connectivity index (χ1) is 9.08. The van der Waals surface area contributed by atoms with Crippen LogP contribution in [0.15, 0.2) is 12.3 Å². The second-order valence-corrected chi connectivity index (χ2v) is 6.51. The van der Waals surface area contributed by atoms with Crippen LogP contribution in [0.3, 0.4) is 0 Å². The Morgan fingerprint density at radius 2 is 2.16 bits per heavy atom. The number of ether oxygens (including phenoxy) is 1. The molecule has 0 spiro atoms. The third-order valence-corrected chi connectivity index (χ3v) is 3.97. The van der Waals surface area contributed by atoms with Crippen molar-refractivity contribution in [2.45, 2.75) is 59.3 Å². The molecule has 2 heteroatoms. The summed E-state index contributed by atoms with van der Waals surface area (Å²) in [4.78, 5) is 4.53. The normalized spacial score (nSPS) is 20.2. The van der Waals surface area contributed by atoms with E-state index in [4.69, 9.17) is 4.74 Å². The van der Waals surface area contributed by atoms with Gasteiger partial charge in [0.15, 0.2) is 0 Å². The number of hydrogen-bond acceptors (Lipinski definition) is 2. The average molecular weight is 261 g/mol. The Morgan fingerprint density at radius 3 is 2.89 bits per heavy atom. The van der Waals surface area contributed by atoms with E-state index < -0.39 is 0 Å². The third-order valence-electron chi connectivity index (χ3n) is 3.97. The highest BCUT2D eigenvalue weighted by Crippen LogP contribution is 2.36. The van der Waals surface area contributed by atoms with E-state index in [0.717, 1.165) is 24.7 Å². The summed E-state index contributed by atoms with van der Waals surface area (Å²) in [5.74, 6) is 3.02. The first kappa shape index (κ1) is 14.4. The van der Waals surface area contributed by atoms with Crippen LogP contribution in [0, 0.1) is 11.8 Å². The zero-order valence-electron chi connectivity index (χ0n) is 12.8. The van der Waals surface area contributed by atoms with Crippen molar-refractivity contribution in [3.8, 4) is 5.75 Å². The predicted molar refractivity (Wildman–Crippen MR) is 79.7 cm³/mol. The summed E-state index contributed by atoms with van der Waals surface area (Å²) in [5, 5.41) is 0. The highest BCUT2D eigenvalue weighted by atomic mass is 16.5. The maximum absolute atomic E-state index is 6.10. The van der Waals surface area contributed by atoms with Crippen LogP contribution in [0.5, 0.6) is 5.75 Å². The SMILES string of the molecule is CC(C)CC(C)COc1ccnc2c1C(C)CCC2. The van der Waals surface area contributed by atoms with E-state index >= 15 is 0 Å². The maximum Gasteiger partial charge on any atom is 0.126 e. The summed E-state index contributed by atoms with van der Waals surface area (Å²) < 4.78 is 6.10. The van der Waals surface area contributed by atoms with Crippen LogP contribution in [0.25, 0.3) is 0 Å². The van der Waals surface area contributed by atoms with Gasteiger partial charge in [0.2, 0.25) is 0 Å². The number of nitrogens with zero attached hydrogens (tertiary/aromatic N) is 1. The number of pyridine rings is 1. The molecular formula is C17H27NO. The molecule has 1 heterocycles. The summed E-state index contributed by atoms with van der Waals surface area (Å²) in [6, 6.07) is 2.04. The summed E-state index contributed by atoms with van der Waals surface area (Å²) in [5.41, 5.74) is 2.62. The summed E-state index contributed by atoms with van der Waals surface area (Å²) in [7, 11) is 0. The van der Waals surface area contributed by atoms with Crippen molar-refractivity contribution in [2.75, 3.05) is 6.61 Å². The van der Waals surface area contributed by atoms with Crippen molar-refractivity contribution in [1.29, 1.82) is 0 Å². The average Bonchev–Trinajstić information content (AvgIpc) is 2.35. The predicted octanol–water partition coefficient (Wildman–Crippen LogP) is 4.58. The van der Waals surface area contributed by atoms with Gasteiger partial charge in [-0.3, -0.25) is 4.98 Å². The van der Waals surface area contributed by atoms with Gasteiger partial charge in [-0.2, -0.15) is 0 Å². The first-order valence-corrected chi connectivity index (χ1v) is 7.68. The highest BCUT2D eigenvalue weighted by molar-refractivity contribution is 5.40. The molecule has 2 unspecified atom stereocenters. The van der Waals surface area contributed by atoms with Gasteiger partial charge in [-0.15, -0.1) is 0 Å². The number of aromatic nitrogens is 1. The first-order valence-electron chi connectivity index (χ1n) is 7.68. The Balaban J connectivity index is 2.04. The number of aryl methyl sites for hydroxylation is 1. The van der Waals surface area contributed by atoms with Gasteiger partial charge in [0.05, 0.1) is 6.61 Å². The zero-order valence-corrected chi connectivity index (χ0v) is 12.8. The molecule has 0 saturated carbocycles. The molecule has 0 amide bonds. The van der Waals surface area contributed by atoms with Gasteiger partial charge in [-0.25, -0.2) is 0 Å². The quantitative estimate of drug-likeness (QED) is 0.774. The molecule has 19 heavy (non-hydrogen) atoms. The molecule has 2 rings (SSSR count). The molecule has 1 aliphatic rings. The third kappa shape index (κ3) is 3.71. The van der Waals surface area contributed by atoms with E-state index in [1.54, 1.807) is 0 Å². The molecule has 0 N–H and O–H groups in total. The molecule has 2 nitrogen and oxygen atoms in total. The largest absolute Gasteiger partial charge is 0.493 e. The van der Waals surface area contributed by atoms with E-state index in [0.29, 0.717) is 11.8 Å². The summed E-state index contributed by atoms with van der Waals surface area (Å²) in [6.45, 7) is 9.93. The van der Waals surface area contributed by atoms with Crippen LogP contribution in [0.1, 0.15) is 64.1 Å². The van der Waals surface area contributed by atoms with Crippen molar-refractivity contribution in [1.82, 2.24) is 4.98 Å². The Kier molecular flexibility index (Phi) is 4.84. The van der Waals surface area contributed by atoms with Gasteiger partial charge in [0.25, 0.3) is 0 Å². The lowest BCUT2D eigenvalue weighted by Gasteiger charge is -2.25. The molecule has 1 aromatic rings. The molecule has 1 aliphatic carbocycles. The van der Waals surface area contributed by atoms with E-state index in [-0.39, 0.29) is 0 Å². The second kappa shape index (κ2) is 6.40. The van der Waals surface area contributed by atoms with Crippen LogP contribution in [-0.2, 0) is 6.42 Å². The van der Waals surface area contributed by atoms with Crippen molar-refractivity contribution < 1.29 is 4.74 Å². The highest BCUT2D eigenvalue weighted by Gasteiger charge is 2.22. The van der Waals surface area contributed by atoms with Crippen LogP contribution in [-0.4, -0.2) is 11.6 Å². The van der Waals surface area contributed by atoms with Gasteiger partial charge in [0.1, 0.15) is 5.75 Å². The smallest absolute Gasteiger partial charge is 0.126 e. The molecule has 0 fully saturated rings. The Hall–Kier alpha value is -1.05. The van der Waals surface area contributed by atoms with Crippen molar-refractivity contribution in [2.24, 2.45) is 11.8 Å². The van der Waals surface area contributed by atoms with Gasteiger partial charge < -0.3 is 4.74 Å². The minimum Gasteiger partial charge on any atom is -0.493 e. The molecule has 0 aromatic carbocycles. The Labute approximate surface area is 117 Å². The van der Waals surface area contributed by atoms with Gasteiger partial charge in [-0.1, -0.05) is 27.7 Å². The topological polar surface area (TPSA) is 22.1 Å². The fourth-order valence-corrected chi connectivity index (χ4v) is 3.17. The van der Waals surface area contributed by atoms with Crippen LogP contribution in [0.2, 0.25) is 0 Å². The van der Waals surface area contributed by atoms with E-state index in [9.17, 15) is 0 Å². The monoisotopic (exact) mass is 261 g/mol. The second-order valence-electron chi connectivity index (χ2n) is 6.51. The summed E-state index contributed by atoms with van der Waals surface area (Å²) >= 11 is 0. The van der Waals surface area contributed by atoms with Crippen molar-refractivity contribution in [3.05, 3.63) is 23.5 Å². The Bertz CT molecular complexity index is 414. The Morgan fingerprint density at radius 1 is 1.37 bits per heavy atom. The van der Waals surface area contributed by atoms with Gasteiger partial charge in [0, 0.05) is 17.5 Å². The van der Waals surface area contributed by atoms with Crippen molar-refractivity contribution in [3.63, 3.8) is 0 Å². The van der Waals surface area contributed by atoms with Gasteiger partial charge in [-0.05, 0) is 49.5 Å². The van der Waals surface area contributed by atoms with Crippen LogP contribution in [0.4, 0.5) is 0 Å². The lowest BCUT2D eigenvalue weighted by Crippen LogP contribution is -2.15. The molecule has 1 aromatic heterocycles. The zero-order chi connectivity index (χ0) is 13.8. The standard InChI is InChI=1S/C17H27NO/c1-12(2)10-13(3)11-19-16-8-9-18-15-7-5-6-14(4)17(15)16/h8-9,12-14H,5-7,10-11H2,1-4H3. The number of fused-ring (bicyclic) bond motifs is 1. The fraction of sp³-hybridized carbons (Fsp3) is 0.706. The molecule has 0 aliphatic heterocycles. The number of hydrogen-bond donors (Lipinski definition) is 0. The van der Waals surface area contributed by atoms with E-state index in [1.165, 1.54) is 30.5 Å².